The van der Waals surface area contributed by atoms with Crippen LogP contribution < -0.4 is 11.2 Å². The Morgan fingerprint density at radius 1 is 0.969 bits per heavy atom. The molecule has 11 nitrogen and oxygen atoms in total. The largest absolute Gasteiger partial charge is 0.336 e. The minimum Gasteiger partial charge on any atom is -0.336 e. The predicted molar refractivity (Wildman–Crippen MR) is 114 cm³/mol. The minimum absolute atomic E-state index is 0.0713. The van der Waals surface area contributed by atoms with Crippen LogP contribution in [0.3, 0.4) is 0 Å². The summed E-state index contributed by atoms with van der Waals surface area (Å²) in [7, 11) is -3.76. The van der Waals surface area contributed by atoms with Gasteiger partial charge < -0.3 is 4.90 Å². The maximum absolute atomic E-state index is 12.9. The zero-order chi connectivity index (χ0) is 23.0. The third-order valence-corrected chi connectivity index (χ3v) is 7.18. The summed E-state index contributed by atoms with van der Waals surface area (Å²) >= 11 is 0. The molecule has 166 valence electrons. The molecule has 0 unspecified atom stereocenters. The monoisotopic (exact) mass is 457 g/mol. The maximum Gasteiger partial charge on any atom is 0.327 e. The van der Waals surface area contributed by atoms with E-state index in [1.54, 1.807) is 0 Å². The van der Waals surface area contributed by atoms with E-state index in [0.29, 0.717) is 5.56 Å². The molecule has 1 aromatic carbocycles. The number of rotatable bonds is 4. The molecule has 2 aromatic heterocycles. The number of hydrogen-bond donors (Lipinski definition) is 2. The molecule has 4 rings (SSSR count). The van der Waals surface area contributed by atoms with E-state index in [9.17, 15) is 27.6 Å². The topological polar surface area (TPSA) is 153 Å². The van der Waals surface area contributed by atoms with Crippen molar-refractivity contribution in [3.8, 4) is 0 Å². The second kappa shape index (κ2) is 8.13. The molecule has 0 spiro atoms. The number of amides is 1. The number of carbonyl (C=O) groups is 2. The van der Waals surface area contributed by atoms with E-state index in [4.69, 9.17) is 0 Å². The van der Waals surface area contributed by atoms with E-state index < -0.39 is 27.2 Å². The zero-order valence-corrected chi connectivity index (χ0v) is 17.8. The Labute approximate surface area is 181 Å². The van der Waals surface area contributed by atoms with Crippen molar-refractivity contribution < 1.29 is 18.0 Å². The van der Waals surface area contributed by atoms with Gasteiger partial charge in [0.1, 0.15) is 5.65 Å². The highest BCUT2D eigenvalue weighted by molar-refractivity contribution is 7.89. The Morgan fingerprint density at radius 3 is 2.25 bits per heavy atom. The number of piperazine rings is 1. The van der Waals surface area contributed by atoms with E-state index in [0.717, 1.165) is 0 Å². The molecule has 32 heavy (non-hydrogen) atoms. The number of H-pyrrole nitrogens is 2. The summed E-state index contributed by atoms with van der Waals surface area (Å²) in [5, 5.41) is 0.0747. The number of benzene rings is 1. The van der Waals surface area contributed by atoms with Crippen molar-refractivity contribution in [2.24, 2.45) is 0 Å². The summed E-state index contributed by atoms with van der Waals surface area (Å²) in [4.78, 5) is 57.5. The van der Waals surface area contributed by atoms with Gasteiger partial charge in [-0.1, -0.05) is 12.1 Å². The first-order valence-corrected chi connectivity index (χ1v) is 11.1. The van der Waals surface area contributed by atoms with Crippen LogP contribution in [0.1, 0.15) is 27.6 Å². The van der Waals surface area contributed by atoms with Crippen molar-refractivity contribution in [3.05, 3.63) is 68.5 Å². The lowest BCUT2D eigenvalue weighted by atomic mass is 10.2. The average molecular weight is 457 g/mol. The first-order chi connectivity index (χ1) is 15.2. The number of ketones is 1. The Bertz CT molecular complexity index is 1430. The van der Waals surface area contributed by atoms with Gasteiger partial charge in [-0.3, -0.25) is 24.4 Å². The van der Waals surface area contributed by atoms with E-state index >= 15 is 0 Å². The number of aromatic nitrogens is 3. The van der Waals surface area contributed by atoms with Gasteiger partial charge in [0.05, 0.1) is 15.8 Å². The highest BCUT2D eigenvalue weighted by Gasteiger charge is 2.30. The van der Waals surface area contributed by atoms with Gasteiger partial charge in [-0.2, -0.15) is 4.31 Å². The van der Waals surface area contributed by atoms with Gasteiger partial charge in [-0.05, 0) is 25.1 Å². The number of pyridine rings is 1. The number of Topliss-reactive ketones (excluding diaryl/α,β-unsaturated/α-hetero) is 1. The fourth-order valence-electron chi connectivity index (χ4n) is 3.49. The van der Waals surface area contributed by atoms with Gasteiger partial charge in [0.2, 0.25) is 10.0 Å². The third-order valence-electron chi connectivity index (χ3n) is 5.26. The number of carbonyl (C=O) groups excluding carboxylic acids is 2. The van der Waals surface area contributed by atoms with Crippen LogP contribution in [0, 0.1) is 0 Å². The first kappa shape index (κ1) is 21.6. The SMILES string of the molecule is CC(=O)c1ccc(S(=O)(=O)N2CCN(C(=O)c3cnc4[nH]c(=O)[nH]c(=O)c4c3)CC2)cc1. The van der Waals surface area contributed by atoms with Crippen LogP contribution in [0.5, 0.6) is 0 Å². The first-order valence-electron chi connectivity index (χ1n) is 9.69. The number of aromatic amines is 2. The highest BCUT2D eigenvalue weighted by atomic mass is 32.2. The zero-order valence-electron chi connectivity index (χ0n) is 17.0. The molecule has 0 saturated carbocycles. The fourth-order valence-corrected chi connectivity index (χ4v) is 4.91. The number of fused-ring (bicyclic) bond motifs is 1. The molecule has 2 N–H and O–H groups in total. The van der Waals surface area contributed by atoms with Crippen molar-refractivity contribution in [3.63, 3.8) is 0 Å². The van der Waals surface area contributed by atoms with Crippen molar-refractivity contribution >= 4 is 32.7 Å². The van der Waals surface area contributed by atoms with Crippen LogP contribution >= 0.6 is 0 Å². The summed E-state index contributed by atoms with van der Waals surface area (Å²) in [6, 6.07) is 7.07. The molecule has 0 aliphatic carbocycles. The van der Waals surface area contributed by atoms with Crippen LogP contribution in [-0.2, 0) is 10.0 Å². The second-order valence-electron chi connectivity index (χ2n) is 7.31. The lowest BCUT2D eigenvalue weighted by Gasteiger charge is -2.34. The Morgan fingerprint density at radius 2 is 1.62 bits per heavy atom. The number of hydrogen-bond acceptors (Lipinski definition) is 7. The highest BCUT2D eigenvalue weighted by Crippen LogP contribution is 2.19. The molecular formula is C20H19N5O6S. The molecule has 0 bridgehead atoms. The van der Waals surface area contributed by atoms with Crippen molar-refractivity contribution in [2.45, 2.75) is 11.8 Å². The van der Waals surface area contributed by atoms with E-state index in [1.807, 2.05) is 0 Å². The minimum atomic E-state index is -3.76. The van der Waals surface area contributed by atoms with Crippen LogP contribution in [0.15, 0.2) is 51.0 Å². The molecular weight excluding hydrogens is 438 g/mol. The number of nitrogens with zero attached hydrogens (tertiary/aromatic N) is 3. The normalized spacial score (nSPS) is 15.1. The van der Waals surface area contributed by atoms with Gasteiger partial charge in [-0.25, -0.2) is 18.2 Å². The standard InChI is InChI=1S/C20H19N5O6S/c1-12(26)13-2-4-15(5-3-13)32(30,31)25-8-6-24(7-9-25)19(28)14-10-16-17(21-11-14)22-20(29)23-18(16)27/h2-5,10-11H,6-9H2,1H3,(H2,21,22,23,27,29). The molecule has 1 amide bonds. The second-order valence-corrected chi connectivity index (χ2v) is 9.24. The number of sulfonamides is 1. The molecule has 3 aromatic rings. The van der Waals surface area contributed by atoms with E-state index in [2.05, 4.69) is 15.0 Å². The van der Waals surface area contributed by atoms with Crippen LogP contribution in [0.4, 0.5) is 0 Å². The Hall–Kier alpha value is -3.64. The fraction of sp³-hybridized carbons (Fsp3) is 0.250. The molecule has 3 heterocycles. The molecule has 1 aliphatic rings. The lowest BCUT2D eigenvalue weighted by molar-refractivity contribution is 0.0697. The van der Waals surface area contributed by atoms with E-state index in [-0.39, 0.29) is 53.5 Å². The summed E-state index contributed by atoms with van der Waals surface area (Å²) in [5.41, 5.74) is -0.695. The predicted octanol–water partition coefficient (Wildman–Crippen LogP) is -0.0393. The Kier molecular flexibility index (Phi) is 5.48. The van der Waals surface area contributed by atoms with Crippen molar-refractivity contribution in [2.75, 3.05) is 26.2 Å². The van der Waals surface area contributed by atoms with E-state index in [1.165, 1.54) is 52.7 Å². The van der Waals surface area contributed by atoms with Gasteiger partial charge in [-0.15, -0.1) is 0 Å². The molecule has 12 heteroatoms. The molecule has 1 fully saturated rings. The smallest absolute Gasteiger partial charge is 0.327 e. The lowest BCUT2D eigenvalue weighted by Crippen LogP contribution is -2.50. The molecule has 0 radical (unpaired) electrons. The average Bonchev–Trinajstić information content (AvgIpc) is 2.78. The van der Waals surface area contributed by atoms with Crippen molar-refractivity contribution in [1.29, 1.82) is 0 Å². The van der Waals surface area contributed by atoms with Gasteiger partial charge in [0.25, 0.3) is 11.5 Å². The van der Waals surface area contributed by atoms with Gasteiger partial charge >= 0.3 is 5.69 Å². The van der Waals surface area contributed by atoms with Gasteiger partial charge in [0, 0.05) is 37.9 Å². The quantitative estimate of drug-likeness (QED) is 0.521. The summed E-state index contributed by atoms with van der Waals surface area (Å²) in [6.45, 7) is 1.91. The van der Waals surface area contributed by atoms with Crippen molar-refractivity contribution in [1.82, 2.24) is 24.2 Å². The Balaban J connectivity index is 1.49. The van der Waals surface area contributed by atoms with Crippen LogP contribution in [0.25, 0.3) is 11.0 Å². The molecule has 1 saturated heterocycles. The number of nitrogens with one attached hydrogen (secondary N) is 2. The third kappa shape index (κ3) is 3.97. The van der Waals surface area contributed by atoms with Crippen LogP contribution in [0.2, 0.25) is 0 Å². The van der Waals surface area contributed by atoms with Gasteiger partial charge in [0.15, 0.2) is 5.78 Å². The summed E-state index contributed by atoms with van der Waals surface area (Å²) in [5.74, 6) is -0.550. The van der Waals surface area contributed by atoms with Crippen LogP contribution in [-0.4, -0.2) is 70.4 Å². The summed E-state index contributed by atoms with van der Waals surface area (Å²) < 4.78 is 27.1. The molecule has 0 atom stereocenters. The molecule has 1 aliphatic heterocycles. The summed E-state index contributed by atoms with van der Waals surface area (Å²) in [6.07, 6.45) is 1.26. The maximum atomic E-state index is 12.9.